The van der Waals surface area contributed by atoms with Crippen LogP contribution in [-0.4, -0.2) is 13.0 Å². The fourth-order valence-corrected chi connectivity index (χ4v) is 2.11. The first kappa shape index (κ1) is 14.3. The molecule has 0 bridgehead atoms. The maximum Gasteiger partial charge on any atom is 0.256 e. The molecule has 0 fully saturated rings. The summed E-state index contributed by atoms with van der Waals surface area (Å²) in [4.78, 5) is 12.1. The molecule has 20 heavy (non-hydrogen) atoms. The van der Waals surface area contributed by atoms with Gasteiger partial charge in [0.2, 0.25) is 0 Å². The Bertz CT molecular complexity index is 662. The van der Waals surface area contributed by atoms with Crippen LogP contribution >= 0.6 is 15.9 Å². The molecule has 2 rings (SSSR count). The van der Waals surface area contributed by atoms with Crippen LogP contribution in [0.4, 0.5) is 15.8 Å². The SMILES string of the molecule is COc1ccc(NC(=O)c2cc(F)ccc2Br)cc1N. The molecule has 0 aliphatic heterocycles. The minimum Gasteiger partial charge on any atom is -0.495 e. The molecule has 0 heterocycles. The molecule has 1 amide bonds. The second-order valence-electron chi connectivity index (χ2n) is 4.04. The lowest BCUT2D eigenvalue weighted by Gasteiger charge is -2.09. The van der Waals surface area contributed by atoms with Crippen molar-refractivity contribution >= 4 is 33.2 Å². The number of anilines is 2. The number of methoxy groups -OCH3 is 1. The highest BCUT2D eigenvalue weighted by molar-refractivity contribution is 9.10. The number of rotatable bonds is 3. The number of benzene rings is 2. The van der Waals surface area contributed by atoms with Gasteiger partial charge in [0.15, 0.2) is 0 Å². The molecule has 4 nitrogen and oxygen atoms in total. The second kappa shape index (κ2) is 5.92. The summed E-state index contributed by atoms with van der Waals surface area (Å²) in [5, 5.41) is 2.65. The van der Waals surface area contributed by atoms with Crippen molar-refractivity contribution in [2.24, 2.45) is 0 Å². The third-order valence-electron chi connectivity index (χ3n) is 2.66. The van der Waals surface area contributed by atoms with E-state index in [9.17, 15) is 9.18 Å². The molecule has 0 saturated carbocycles. The van der Waals surface area contributed by atoms with Crippen molar-refractivity contribution in [1.82, 2.24) is 0 Å². The summed E-state index contributed by atoms with van der Waals surface area (Å²) in [6.45, 7) is 0. The zero-order valence-corrected chi connectivity index (χ0v) is 12.2. The van der Waals surface area contributed by atoms with E-state index in [1.54, 1.807) is 18.2 Å². The first-order valence-corrected chi connectivity index (χ1v) is 6.50. The van der Waals surface area contributed by atoms with E-state index in [-0.39, 0.29) is 5.56 Å². The topological polar surface area (TPSA) is 64.3 Å². The van der Waals surface area contributed by atoms with Gasteiger partial charge in [-0.15, -0.1) is 0 Å². The molecule has 2 aromatic rings. The zero-order chi connectivity index (χ0) is 14.7. The summed E-state index contributed by atoms with van der Waals surface area (Å²) < 4.78 is 18.7. The fourth-order valence-electron chi connectivity index (χ4n) is 1.68. The van der Waals surface area contributed by atoms with Gasteiger partial charge in [-0.25, -0.2) is 4.39 Å². The van der Waals surface area contributed by atoms with Crippen LogP contribution in [0.5, 0.6) is 5.75 Å². The van der Waals surface area contributed by atoms with Gasteiger partial charge in [-0.3, -0.25) is 4.79 Å². The maximum absolute atomic E-state index is 13.2. The Morgan fingerprint density at radius 1 is 1.30 bits per heavy atom. The zero-order valence-electron chi connectivity index (χ0n) is 10.6. The highest BCUT2D eigenvalue weighted by atomic mass is 79.9. The van der Waals surface area contributed by atoms with Crippen molar-refractivity contribution in [2.45, 2.75) is 0 Å². The highest BCUT2D eigenvalue weighted by Gasteiger charge is 2.12. The number of carbonyl (C=O) groups is 1. The van der Waals surface area contributed by atoms with Crippen LogP contribution in [0.2, 0.25) is 0 Å². The van der Waals surface area contributed by atoms with E-state index in [2.05, 4.69) is 21.2 Å². The Labute approximate surface area is 123 Å². The third kappa shape index (κ3) is 3.08. The van der Waals surface area contributed by atoms with Crippen molar-refractivity contribution < 1.29 is 13.9 Å². The quantitative estimate of drug-likeness (QED) is 0.842. The molecule has 2 aromatic carbocycles. The van der Waals surface area contributed by atoms with E-state index in [4.69, 9.17) is 10.5 Å². The maximum atomic E-state index is 13.2. The van der Waals surface area contributed by atoms with Crippen LogP contribution in [0.25, 0.3) is 0 Å². The summed E-state index contributed by atoms with van der Waals surface area (Å²) in [5.74, 6) is -0.386. The Morgan fingerprint density at radius 3 is 2.70 bits per heavy atom. The average Bonchev–Trinajstić information content (AvgIpc) is 2.41. The normalized spacial score (nSPS) is 10.2. The van der Waals surface area contributed by atoms with Gasteiger partial charge < -0.3 is 15.8 Å². The summed E-state index contributed by atoms with van der Waals surface area (Å²) in [7, 11) is 1.51. The van der Waals surface area contributed by atoms with E-state index < -0.39 is 11.7 Å². The van der Waals surface area contributed by atoms with Crippen molar-refractivity contribution in [1.29, 1.82) is 0 Å². The predicted molar refractivity (Wildman–Crippen MR) is 79.5 cm³/mol. The molecule has 0 saturated heterocycles. The smallest absolute Gasteiger partial charge is 0.256 e. The van der Waals surface area contributed by atoms with Crippen LogP contribution in [-0.2, 0) is 0 Å². The van der Waals surface area contributed by atoms with Crippen molar-refractivity contribution in [2.75, 3.05) is 18.2 Å². The number of nitrogens with two attached hydrogens (primary N) is 1. The van der Waals surface area contributed by atoms with Crippen molar-refractivity contribution in [3.05, 3.63) is 52.3 Å². The first-order chi connectivity index (χ1) is 9.51. The molecule has 0 unspecified atom stereocenters. The number of carbonyl (C=O) groups excluding carboxylic acids is 1. The first-order valence-electron chi connectivity index (χ1n) is 5.71. The fraction of sp³-hybridized carbons (Fsp3) is 0.0714. The number of halogens is 2. The van der Waals surface area contributed by atoms with Crippen molar-refractivity contribution in [3.8, 4) is 5.75 Å². The lowest BCUT2D eigenvalue weighted by atomic mass is 10.2. The molecule has 0 atom stereocenters. The molecule has 3 N–H and O–H groups in total. The van der Waals surface area contributed by atoms with Gasteiger partial charge in [0, 0.05) is 10.2 Å². The summed E-state index contributed by atoms with van der Waals surface area (Å²) >= 11 is 3.21. The van der Waals surface area contributed by atoms with Gasteiger partial charge >= 0.3 is 0 Å². The largest absolute Gasteiger partial charge is 0.495 e. The standard InChI is InChI=1S/C14H12BrFN2O2/c1-20-13-5-3-9(7-12(13)17)18-14(19)10-6-8(16)2-4-11(10)15/h2-7H,17H2,1H3,(H,18,19). The minimum absolute atomic E-state index is 0.208. The van der Waals surface area contributed by atoms with Gasteiger partial charge in [0.05, 0.1) is 18.4 Å². The molecule has 0 spiro atoms. The van der Waals surface area contributed by atoms with Crippen LogP contribution in [0, 0.1) is 5.82 Å². The lowest BCUT2D eigenvalue weighted by molar-refractivity contribution is 0.102. The Balaban J connectivity index is 2.23. The highest BCUT2D eigenvalue weighted by Crippen LogP contribution is 2.25. The van der Waals surface area contributed by atoms with E-state index >= 15 is 0 Å². The summed E-state index contributed by atoms with van der Waals surface area (Å²) in [6, 6.07) is 8.78. The van der Waals surface area contributed by atoms with Gasteiger partial charge in [-0.2, -0.15) is 0 Å². The Morgan fingerprint density at radius 2 is 2.05 bits per heavy atom. The number of ether oxygens (including phenoxy) is 1. The van der Waals surface area contributed by atoms with E-state index in [1.165, 1.54) is 19.2 Å². The second-order valence-corrected chi connectivity index (χ2v) is 4.89. The van der Waals surface area contributed by atoms with E-state index in [1.807, 2.05) is 0 Å². The van der Waals surface area contributed by atoms with Crippen molar-refractivity contribution in [3.63, 3.8) is 0 Å². The van der Waals surface area contributed by atoms with E-state index in [0.717, 1.165) is 6.07 Å². The molecule has 0 aliphatic carbocycles. The van der Waals surface area contributed by atoms with E-state index in [0.29, 0.717) is 21.6 Å². The number of hydrogen-bond donors (Lipinski definition) is 2. The number of nitrogens with one attached hydrogen (secondary N) is 1. The van der Waals surface area contributed by atoms with Gasteiger partial charge in [0.25, 0.3) is 5.91 Å². The van der Waals surface area contributed by atoms with Crippen LogP contribution in [0.3, 0.4) is 0 Å². The molecular weight excluding hydrogens is 327 g/mol. The van der Waals surface area contributed by atoms with Gasteiger partial charge in [-0.05, 0) is 52.3 Å². The molecule has 104 valence electrons. The van der Waals surface area contributed by atoms with Gasteiger partial charge in [-0.1, -0.05) is 0 Å². The lowest BCUT2D eigenvalue weighted by Crippen LogP contribution is -2.13. The summed E-state index contributed by atoms with van der Waals surface area (Å²) in [5.41, 5.74) is 6.87. The van der Waals surface area contributed by atoms with Gasteiger partial charge in [0.1, 0.15) is 11.6 Å². The minimum atomic E-state index is -0.479. The average molecular weight is 339 g/mol. The summed E-state index contributed by atoms with van der Waals surface area (Å²) in [6.07, 6.45) is 0. The Kier molecular flexibility index (Phi) is 4.24. The number of amides is 1. The monoisotopic (exact) mass is 338 g/mol. The number of hydrogen-bond acceptors (Lipinski definition) is 3. The molecule has 6 heteroatoms. The molecule has 0 aliphatic rings. The predicted octanol–water partition coefficient (Wildman–Crippen LogP) is 3.43. The molecule has 0 aromatic heterocycles. The van der Waals surface area contributed by atoms with Crippen LogP contribution < -0.4 is 15.8 Å². The van der Waals surface area contributed by atoms with Crippen LogP contribution in [0.15, 0.2) is 40.9 Å². The number of nitrogen functional groups attached to an aromatic ring is 1. The van der Waals surface area contributed by atoms with Crippen LogP contribution in [0.1, 0.15) is 10.4 Å². The Hall–Kier alpha value is -2.08. The molecular formula is C14H12BrFN2O2. The third-order valence-corrected chi connectivity index (χ3v) is 3.35. The molecule has 0 radical (unpaired) electrons.